The molecule has 3 nitrogen and oxygen atoms in total. The summed E-state index contributed by atoms with van der Waals surface area (Å²) in [5, 5.41) is 4.53. The summed E-state index contributed by atoms with van der Waals surface area (Å²) in [5.74, 6) is 0.680. The summed E-state index contributed by atoms with van der Waals surface area (Å²) in [5.41, 5.74) is 14.2. The lowest BCUT2D eigenvalue weighted by Gasteiger charge is -2.25. The fourth-order valence-electron chi connectivity index (χ4n) is 8.22. The quantitative estimate of drug-likeness (QED) is 0.192. The molecule has 3 heteroatoms. The van der Waals surface area contributed by atoms with Gasteiger partial charge in [0, 0.05) is 32.9 Å². The van der Waals surface area contributed by atoms with Crippen molar-refractivity contribution >= 4 is 32.7 Å². The third-order valence-electron chi connectivity index (χ3n) is 10.5. The molecule has 236 valence electrons. The summed E-state index contributed by atoms with van der Waals surface area (Å²) < 4.78 is 6.48. The fraction of sp³-hybridized carbons (Fsp3) is 0.0638. The zero-order valence-electron chi connectivity index (χ0n) is 27.8. The van der Waals surface area contributed by atoms with Crippen molar-refractivity contribution in [3.63, 3.8) is 0 Å². The first kappa shape index (κ1) is 28.7. The highest BCUT2D eigenvalue weighted by molar-refractivity contribution is 6.10. The van der Waals surface area contributed by atoms with Crippen LogP contribution < -0.4 is 0 Å². The fourth-order valence-corrected chi connectivity index (χ4v) is 8.22. The predicted octanol–water partition coefficient (Wildman–Crippen LogP) is 12.5. The minimum Gasteiger partial charge on any atom is -0.455 e. The Bertz CT molecular complexity index is 2790. The molecular formula is C47H32N2O. The van der Waals surface area contributed by atoms with E-state index in [-0.39, 0.29) is 5.41 Å². The highest BCUT2D eigenvalue weighted by Gasteiger charge is 2.37. The average Bonchev–Trinajstić information content (AvgIpc) is 3.67. The Hall–Kier alpha value is -6.32. The lowest BCUT2D eigenvalue weighted by atomic mass is 9.78. The minimum absolute atomic E-state index is 0.119. The first-order chi connectivity index (χ1) is 24.6. The smallest absolute Gasteiger partial charge is 0.160 e. The van der Waals surface area contributed by atoms with E-state index in [9.17, 15) is 0 Å². The Labute approximate surface area is 290 Å². The van der Waals surface area contributed by atoms with Crippen LogP contribution in [0, 0.1) is 0 Å². The second-order valence-electron chi connectivity index (χ2n) is 13.7. The molecule has 2 aromatic heterocycles. The first-order valence-corrected chi connectivity index (χ1v) is 17.2. The molecule has 10 rings (SSSR count). The molecule has 0 N–H and O–H groups in total. The Morgan fingerprint density at radius 2 is 1.00 bits per heavy atom. The van der Waals surface area contributed by atoms with Gasteiger partial charge in [0.1, 0.15) is 11.2 Å². The van der Waals surface area contributed by atoms with Crippen molar-refractivity contribution in [3.8, 4) is 56.2 Å². The Kier molecular flexibility index (Phi) is 6.22. The van der Waals surface area contributed by atoms with Gasteiger partial charge in [-0.2, -0.15) is 0 Å². The molecular weight excluding hydrogens is 609 g/mol. The van der Waals surface area contributed by atoms with Crippen molar-refractivity contribution in [2.75, 3.05) is 0 Å². The van der Waals surface area contributed by atoms with E-state index in [0.29, 0.717) is 5.82 Å². The molecule has 0 unspecified atom stereocenters. The number of hydrogen-bond acceptors (Lipinski definition) is 3. The SMILES string of the molecule is CC1(C)c2ccccc2-c2cccc(-c3ccc(-c4cc(-c5cccc6c5oc5ccccc56)nc(-c5ccccc5)n4)c4ccccc34)c21. The number of nitrogens with zero attached hydrogens (tertiary/aromatic N) is 2. The molecule has 0 bridgehead atoms. The zero-order valence-corrected chi connectivity index (χ0v) is 27.8. The Morgan fingerprint density at radius 3 is 1.82 bits per heavy atom. The summed E-state index contributed by atoms with van der Waals surface area (Å²) in [6, 6.07) is 55.8. The topological polar surface area (TPSA) is 38.9 Å². The van der Waals surface area contributed by atoms with Crippen molar-refractivity contribution in [3.05, 3.63) is 169 Å². The van der Waals surface area contributed by atoms with Gasteiger partial charge in [0.05, 0.1) is 11.4 Å². The molecule has 0 amide bonds. The Balaban J connectivity index is 1.20. The lowest BCUT2D eigenvalue weighted by molar-refractivity contribution is 0.662. The highest BCUT2D eigenvalue weighted by Crippen LogP contribution is 2.53. The molecule has 0 spiro atoms. The van der Waals surface area contributed by atoms with Crippen LogP contribution in [0.5, 0.6) is 0 Å². The van der Waals surface area contributed by atoms with Crippen molar-refractivity contribution in [2.24, 2.45) is 0 Å². The number of fused-ring (bicyclic) bond motifs is 7. The lowest BCUT2D eigenvalue weighted by Crippen LogP contribution is -2.16. The molecule has 1 aliphatic carbocycles. The summed E-state index contributed by atoms with van der Waals surface area (Å²) in [4.78, 5) is 10.4. The van der Waals surface area contributed by atoms with E-state index >= 15 is 0 Å². The summed E-state index contributed by atoms with van der Waals surface area (Å²) >= 11 is 0. The molecule has 7 aromatic carbocycles. The van der Waals surface area contributed by atoms with E-state index in [1.54, 1.807) is 0 Å². The van der Waals surface area contributed by atoms with Gasteiger partial charge in [-0.3, -0.25) is 0 Å². The van der Waals surface area contributed by atoms with Gasteiger partial charge in [0.15, 0.2) is 5.82 Å². The van der Waals surface area contributed by atoms with Gasteiger partial charge in [-0.05, 0) is 62.4 Å². The van der Waals surface area contributed by atoms with Gasteiger partial charge in [-0.25, -0.2) is 9.97 Å². The molecule has 1 aliphatic rings. The second-order valence-corrected chi connectivity index (χ2v) is 13.7. The van der Waals surface area contributed by atoms with Crippen LogP contribution in [-0.2, 0) is 5.41 Å². The van der Waals surface area contributed by atoms with E-state index in [1.165, 1.54) is 38.8 Å². The van der Waals surface area contributed by atoms with Crippen LogP contribution in [0.1, 0.15) is 25.0 Å². The van der Waals surface area contributed by atoms with E-state index in [0.717, 1.165) is 55.4 Å². The van der Waals surface area contributed by atoms with Crippen LogP contribution >= 0.6 is 0 Å². The van der Waals surface area contributed by atoms with Crippen LogP contribution in [0.15, 0.2) is 162 Å². The van der Waals surface area contributed by atoms with Crippen LogP contribution in [0.4, 0.5) is 0 Å². The van der Waals surface area contributed by atoms with E-state index in [4.69, 9.17) is 14.4 Å². The van der Waals surface area contributed by atoms with E-state index in [1.807, 2.05) is 30.3 Å². The summed E-state index contributed by atoms with van der Waals surface area (Å²) in [6.45, 7) is 4.71. The van der Waals surface area contributed by atoms with Gasteiger partial charge in [0.2, 0.25) is 0 Å². The van der Waals surface area contributed by atoms with Gasteiger partial charge in [0.25, 0.3) is 0 Å². The molecule has 50 heavy (non-hydrogen) atoms. The molecule has 0 aliphatic heterocycles. The first-order valence-electron chi connectivity index (χ1n) is 17.2. The molecule has 9 aromatic rings. The van der Waals surface area contributed by atoms with Crippen LogP contribution in [0.3, 0.4) is 0 Å². The number of benzene rings is 7. The second kappa shape index (κ2) is 10.8. The number of furan rings is 1. The van der Waals surface area contributed by atoms with Crippen LogP contribution in [0.2, 0.25) is 0 Å². The number of hydrogen-bond donors (Lipinski definition) is 0. The number of aromatic nitrogens is 2. The maximum absolute atomic E-state index is 6.48. The largest absolute Gasteiger partial charge is 0.455 e. The van der Waals surface area contributed by atoms with E-state index < -0.39 is 0 Å². The Morgan fingerprint density at radius 1 is 0.440 bits per heavy atom. The number of rotatable bonds is 4. The maximum atomic E-state index is 6.48. The third-order valence-corrected chi connectivity index (χ3v) is 10.5. The van der Waals surface area contributed by atoms with Gasteiger partial charge >= 0.3 is 0 Å². The molecule has 0 radical (unpaired) electrons. The van der Waals surface area contributed by atoms with Crippen molar-refractivity contribution < 1.29 is 4.42 Å². The van der Waals surface area contributed by atoms with Crippen molar-refractivity contribution in [1.29, 1.82) is 0 Å². The predicted molar refractivity (Wildman–Crippen MR) is 206 cm³/mol. The average molecular weight is 641 g/mol. The summed E-state index contributed by atoms with van der Waals surface area (Å²) in [6.07, 6.45) is 0. The van der Waals surface area contributed by atoms with Crippen molar-refractivity contribution in [1.82, 2.24) is 9.97 Å². The third kappa shape index (κ3) is 4.23. The molecule has 0 atom stereocenters. The van der Waals surface area contributed by atoms with Crippen molar-refractivity contribution in [2.45, 2.75) is 19.3 Å². The molecule has 2 heterocycles. The normalized spacial score (nSPS) is 13.2. The van der Waals surface area contributed by atoms with Crippen LogP contribution in [-0.4, -0.2) is 9.97 Å². The standard InChI is InChI=1S/C47H32N2O/c1-47(2)40-24-10-8-18-33(40)37-21-12-20-36(44(37)47)32-26-27-34(31-17-7-6-16-30(31)32)41-28-42(49-46(48-41)29-14-4-3-5-15-29)39-23-13-22-38-35-19-9-11-25-43(35)50-45(38)39/h3-28H,1-2H3. The van der Waals surface area contributed by atoms with Gasteiger partial charge in [-0.15, -0.1) is 0 Å². The molecule has 0 saturated carbocycles. The zero-order chi connectivity index (χ0) is 33.4. The maximum Gasteiger partial charge on any atom is 0.160 e. The molecule has 0 fully saturated rings. The monoisotopic (exact) mass is 640 g/mol. The van der Waals surface area contributed by atoms with Crippen LogP contribution in [0.25, 0.3) is 88.9 Å². The highest BCUT2D eigenvalue weighted by atomic mass is 16.3. The van der Waals surface area contributed by atoms with Gasteiger partial charge < -0.3 is 4.42 Å². The minimum atomic E-state index is -0.119. The summed E-state index contributed by atoms with van der Waals surface area (Å²) in [7, 11) is 0. The van der Waals surface area contributed by atoms with E-state index in [2.05, 4.69) is 141 Å². The van der Waals surface area contributed by atoms with Gasteiger partial charge in [-0.1, -0.05) is 153 Å². The number of para-hydroxylation sites is 2. The molecule has 0 saturated heterocycles.